The van der Waals surface area contributed by atoms with E-state index in [9.17, 15) is 4.79 Å². The van der Waals surface area contributed by atoms with Crippen molar-refractivity contribution in [3.63, 3.8) is 0 Å². The Hall–Kier alpha value is -1.96. The average molecular weight is 266 g/mol. The lowest BCUT2D eigenvalue weighted by molar-refractivity contribution is 0.0935. The van der Waals surface area contributed by atoms with E-state index in [4.69, 9.17) is 0 Å². The minimum absolute atomic E-state index is 0.0284. The number of carbonyl (C=O) groups excluding carboxylic acids is 1. The lowest BCUT2D eigenvalue weighted by Gasteiger charge is -2.12. The zero-order valence-electron chi connectivity index (χ0n) is 10.1. The van der Waals surface area contributed by atoms with Gasteiger partial charge in [0, 0.05) is 25.5 Å². The summed E-state index contributed by atoms with van der Waals surface area (Å²) in [5, 5.41) is 18.4. The first-order valence-corrected chi connectivity index (χ1v) is 6.30. The van der Waals surface area contributed by atoms with Crippen LogP contribution in [-0.2, 0) is 6.54 Å². The molecule has 1 amide bonds. The minimum atomic E-state index is -0.214. The number of nitrogens with zero attached hydrogens (tertiary/aromatic N) is 4. The van der Waals surface area contributed by atoms with Crippen LogP contribution in [0.5, 0.6) is 0 Å². The molecular formula is C10H14N6OS. The van der Waals surface area contributed by atoms with Gasteiger partial charge in [-0.05, 0) is 13.0 Å². The first kappa shape index (κ1) is 12.5. The molecule has 0 aliphatic heterocycles. The number of amides is 1. The van der Waals surface area contributed by atoms with Crippen LogP contribution in [0, 0.1) is 0 Å². The Morgan fingerprint density at radius 2 is 2.39 bits per heavy atom. The van der Waals surface area contributed by atoms with E-state index in [1.165, 1.54) is 11.3 Å². The highest BCUT2D eigenvalue weighted by Crippen LogP contribution is 2.13. The second kappa shape index (κ2) is 5.58. The van der Waals surface area contributed by atoms with Crippen molar-refractivity contribution in [1.29, 1.82) is 0 Å². The molecule has 96 valence electrons. The van der Waals surface area contributed by atoms with Crippen molar-refractivity contribution in [2.45, 2.75) is 19.5 Å². The second-order valence-corrected chi connectivity index (χ2v) is 4.74. The Labute approximate surface area is 108 Å². The van der Waals surface area contributed by atoms with Gasteiger partial charge in [0.2, 0.25) is 10.1 Å². The summed E-state index contributed by atoms with van der Waals surface area (Å²) in [6, 6.07) is 1.82. The van der Waals surface area contributed by atoms with Gasteiger partial charge in [-0.1, -0.05) is 11.3 Å². The normalized spacial score (nSPS) is 12.1. The predicted molar refractivity (Wildman–Crippen MR) is 68.6 cm³/mol. The van der Waals surface area contributed by atoms with E-state index >= 15 is 0 Å². The molecule has 0 aliphatic carbocycles. The third kappa shape index (κ3) is 3.04. The number of anilines is 1. The van der Waals surface area contributed by atoms with E-state index < -0.39 is 0 Å². The van der Waals surface area contributed by atoms with Crippen molar-refractivity contribution in [2.75, 3.05) is 12.4 Å². The molecule has 1 atom stereocenters. The Kier molecular flexibility index (Phi) is 3.88. The van der Waals surface area contributed by atoms with Gasteiger partial charge in [-0.15, -0.1) is 10.2 Å². The number of rotatable bonds is 5. The summed E-state index contributed by atoms with van der Waals surface area (Å²) in [7, 11) is 1.74. The van der Waals surface area contributed by atoms with Gasteiger partial charge < -0.3 is 10.6 Å². The summed E-state index contributed by atoms with van der Waals surface area (Å²) in [5.74, 6) is -0.214. The molecule has 0 spiro atoms. The van der Waals surface area contributed by atoms with Crippen LogP contribution in [0.4, 0.5) is 5.13 Å². The molecule has 7 nitrogen and oxygen atoms in total. The number of aromatic nitrogens is 4. The van der Waals surface area contributed by atoms with Crippen LogP contribution in [0.2, 0.25) is 0 Å². The summed E-state index contributed by atoms with van der Waals surface area (Å²) >= 11 is 1.22. The number of hydrogen-bond donors (Lipinski definition) is 2. The fourth-order valence-electron chi connectivity index (χ4n) is 1.44. The van der Waals surface area contributed by atoms with Crippen LogP contribution < -0.4 is 10.6 Å². The van der Waals surface area contributed by atoms with Gasteiger partial charge in [0.1, 0.15) is 0 Å². The minimum Gasteiger partial charge on any atom is -0.363 e. The van der Waals surface area contributed by atoms with E-state index in [2.05, 4.69) is 25.9 Å². The molecule has 0 aromatic carbocycles. The zero-order chi connectivity index (χ0) is 13.0. The van der Waals surface area contributed by atoms with Crippen LogP contribution in [-0.4, -0.2) is 39.0 Å². The molecule has 8 heteroatoms. The van der Waals surface area contributed by atoms with Crippen LogP contribution >= 0.6 is 11.3 Å². The molecular weight excluding hydrogens is 252 g/mol. The van der Waals surface area contributed by atoms with E-state index in [-0.39, 0.29) is 11.9 Å². The van der Waals surface area contributed by atoms with Crippen molar-refractivity contribution < 1.29 is 4.79 Å². The molecule has 2 rings (SSSR count). The monoisotopic (exact) mass is 266 g/mol. The lowest BCUT2D eigenvalue weighted by atomic mass is 10.3. The highest BCUT2D eigenvalue weighted by atomic mass is 32.1. The van der Waals surface area contributed by atoms with Crippen molar-refractivity contribution in [3.8, 4) is 0 Å². The van der Waals surface area contributed by atoms with Gasteiger partial charge in [0.15, 0.2) is 0 Å². The largest absolute Gasteiger partial charge is 0.363 e. The van der Waals surface area contributed by atoms with Gasteiger partial charge in [-0.25, -0.2) is 0 Å². The zero-order valence-corrected chi connectivity index (χ0v) is 10.9. The summed E-state index contributed by atoms with van der Waals surface area (Å²) in [5.41, 5.74) is 0. The fraction of sp³-hybridized carbons (Fsp3) is 0.400. The Balaban J connectivity index is 1.90. The summed E-state index contributed by atoms with van der Waals surface area (Å²) < 4.78 is 1.77. The third-order valence-corrected chi connectivity index (χ3v) is 3.17. The smallest absolute Gasteiger partial charge is 0.282 e. The van der Waals surface area contributed by atoms with Gasteiger partial charge in [-0.3, -0.25) is 9.48 Å². The van der Waals surface area contributed by atoms with Crippen molar-refractivity contribution >= 4 is 22.4 Å². The molecule has 0 fully saturated rings. The molecule has 2 aromatic rings. The summed E-state index contributed by atoms with van der Waals surface area (Å²) in [6.07, 6.45) is 3.56. The van der Waals surface area contributed by atoms with Gasteiger partial charge in [0.25, 0.3) is 5.91 Å². The molecule has 0 saturated carbocycles. The average Bonchev–Trinajstić information content (AvgIpc) is 2.98. The van der Waals surface area contributed by atoms with Gasteiger partial charge in [-0.2, -0.15) is 5.10 Å². The molecule has 2 aromatic heterocycles. The topological polar surface area (TPSA) is 84.7 Å². The lowest BCUT2D eigenvalue weighted by Crippen LogP contribution is -2.35. The van der Waals surface area contributed by atoms with Crippen molar-refractivity contribution in [1.82, 2.24) is 25.3 Å². The standard InChI is InChI=1S/C10H14N6OS/c1-7(6-16-5-3-4-12-16)13-8(17)9-14-15-10(11-2)18-9/h3-5,7H,6H2,1-2H3,(H,11,15)(H,13,17). The molecule has 18 heavy (non-hydrogen) atoms. The Bertz CT molecular complexity index is 508. The first-order valence-electron chi connectivity index (χ1n) is 5.48. The van der Waals surface area contributed by atoms with Crippen LogP contribution in [0.15, 0.2) is 18.5 Å². The highest BCUT2D eigenvalue weighted by molar-refractivity contribution is 7.17. The maximum atomic E-state index is 11.9. The van der Waals surface area contributed by atoms with E-state index in [1.54, 1.807) is 17.9 Å². The van der Waals surface area contributed by atoms with Crippen LogP contribution in [0.1, 0.15) is 16.7 Å². The van der Waals surface area contributed by atoms with Crippen molar-refractivity contribution in [2.24, 2.45) is 0 Å². The summed E-state index contributed by atoms with van der Waals surface area (Å²) in [4.78, 5) is 11.9. The number of nitrogens with one attached hydrogen (secondary N) is 2. The predicted octanol–water partition coefficient (Wildman–Crippen LogP) is 0.595. The van der Waals surface area contributed by atoms with Gasteiger partial charge >= 0.3 is 0 Å². The second-order valence-electron chi connectivity index (χ2n) is 3.76. The SMILES string of the molecule is CNc1nnc(C(=O)NC(C)Cn2cccn2)s1. The third-order valence-electron chi connectivity index (χ3n) is 2.23. The van der Waals surface area contributed by atoms with Crippen LogP contribution in [0.3, 0.4) is 0 Å². The van der Waals surface area contributed by atoms with Crippen molar-refractivity contribution in [3.05, 3.63) is 23.5 Å². The molecule has 2 heterocycles. The van der Waals surface area contributed by atoms with Gasteiger partial charge in [0.05, 0.1) is 6.54 Å². The van der Waals surface area contributed by atoms with E-state index in [0.717, 1.165) is 0 Å². The molecule has 0 bridgehead atoms. The van der Waals surface area contributed by atoms with Crippen LogP contribution in [0.25, 0.3) is 0 Å². The quantitative estimate of drug-likeness (QED) is 0.827. The van der Waals surface area contributed by atoms with E-state index in [1.807, 2.05) is 19.2 Å². The highest BCUT2D eigenvalue weighted by Gasteiger charge is 2.15. The summed E-state index contributed by atoms with van der Waals surface area (Å²) in [6.45, 7) is 2.54. The molecule has 1 unspecified atom stereocenters. The number of carbonyl (C=O) groups is 1. The number of hydrogen-bond acceptors (Lipinski definition) is 6. The Morgan fingerprint density at radius 3 is 3.00 bits per heavy atom. The molecule has 2 N–H and O–H groups in total. The maximum Gasteiger partial charge on any atom is 0.282 e. The maximum absolute atomic E-state index is 11.9. The fourth-order valence-corrected chi connectivity index (χ4v) is 2.04. The first-order chi connectivity index (χ1) is 8.69. The molecule has 0 aliphatic rings. The molecule has 0 radical (unpaired) electrons. The Morgan fingerprint density at radius 1 is 1.56 bits per heavy atom. The molecule has 0 saturated heterocycles. The van der Waals surface area contributed by atoms with E-state index in [0.29, 0.717) is 16.7 Å².